The fraction of sp³-hybridized carbons (Fsp3) is 0.559. The Hall–Kier alpha value is -2.88. The summed E-state index contributed by atoms with van der Waals surface area (Å²) in [5.74, 6) is 1.26. The molecule has 234 valence electrons. The number of nitrogens with zero attached hydrogens (tertiary/aromatic N) is 3. The van der Waals surface area contributed by atoms with Crippen molar-refractivity contribution in [2.24, 2.45) is 5.41 Å². The number of aromatic nitrogens is 1. The molecule has 1 saturated heterocycles. The van der Waals surface area contributed by atoms with E-state index in [1.165, 1.54) is 64.2 Å². The summed E-state index contributed by atoms with van der Waals surface area (Å²) in [6.45, 7) is 9.28. The maximum Gasteiger partial charge on any atom is 0.304 e. The van der Waals surface area contributed by atoms with Crippen LogP contribution in [-0.2, 0) is 16.8 Å². The minimum Gasteiger partial charge on any atom is -0.497 e. The number of likely N-dealkylation sites (N-methyl/N-ethyl adjacent to an activating group) is 1. The summed E-state index contributed by atoms with van der Waals surface area (Å²) in [4.78, 5) is 15.5. The molecule has 2 aliphatic carbocycles. The van der Waals surface area contributed by atoms with Crippen LogP contribution >= 0.6 is 0 Å². The number of amides is 1. The molecule has 2 atom stereocenters. The number of piperazine rings is 1. The van der Waals surface area contributed by atoms with Crippen LogP contribution in [0.5, 0.6) is 5.75 Å². The fourth-order valence-corrected chi connectivity index (χ4v) is 8.77. The molecule has 2 saturated carbocycles. The van der Waals surface area contributed by atoms with Crippen molar-refractivity contribution in [3.05, 3.63) is 53.1 Å². The third kappa shape index (κ3) is 5.38. The van der Waals surface area contributed by atoms with Crippen LogP contribution in [0.2, 0.25) is 0 Å². The maximum absolute atomic E-state index is 13.4. The van der Waals surface area contributed by atoms with E-state index in [1.54, 1.807) is 13.2 Å². The second-order valence-electron chi connectivity index (χ2n) is 12.9. The summed E-state index contributed by atoms with van der Waals surface area (Å²) in [7, 11) is -0.214. The zero-order valence-electron chi connectivity index (χ0n) is 26.3. The van der Waals surface area contributed by atoms with Gasteiger partial charge in [0.1, 0.15) is 5.75 Å². The molecule has 3 fully saturated rings. The van der Waals surface area contributed by atoms with Gasteiger partial charge >= 0.3 is 10.2 Å². The predicted octanol–water partition coefficient (Wildman–Crippen LogP) is 6.37. The molecule has 2 aliphatic heterocycles. The van der Waals surface area contributed by atoms with Gasteiger partial charge in [0.2, 0.25) is 0 Å². The Morgan fingerprint density at radius 1 is 1.02 bits per heavy atom. The summed E-state index contributed by atoms with van der Waals surface area (Å²) >= 11 is 0. The lowest BCUT2D eigenvalue weighted by Crippen LogP contribution is -2.52. The molecule has 43 heavy (non-hydrogen) atoms. The molecule has 3 aromatic rings. The van der Waals surface area contributed by atoms with Crippen molar-refractivity contribution in [3.63, 3.8) is 0 Å². The van der Waals surface area contributed by atoms with Gasteiger partial charge in [-0.25, -0.2) is 4.72 Å². The van der Waals surface area contributed by atoms with E-state index < -0.39 is 16.1 Å². The van der Waals surface area contributed by atoms with E-state index in [9.17, 15) is 13.2 Å². The molecule has 1 amide bonds. The predicted molar refractivity (Wildman–Crippen MR) is 174 cm³/mol. The van der Waals surface area contributed by atoms with Gasteiger partial charge in [-0.2, -0.15) is 12.7 Å². The number of carbonyl (C=O) groups is 1. The smallest absolute Gasteiger partial charge is 0.304 e. The third-order valence-corrected chi connectivity index (χ3v) is 11.7. The maximum atomic E-state index is 13.4. The monoisotopic (exact) mass is 608 g/mol. The summed E-state index contributed by atoms with van der Waals surface area (Å²) in [5.41, 5.74) is 6.85. The van der Waals surface area contributed by atoms with Crippen LogP contribution in [0.25, 0.3) is 22.2 Å². The number of carbonyl (C=O) groups excluding carboxylic acids is 1. The van der Waals surface area contributed by atoms with Gasteiger partial charge in [0.25, 0.3) is 5.91 Å². The number of hydrogen-bond acceptors (Lipinski definition) is 5. The lowest BCUT2D eigenvalue weighted by atomic mass is 9.81. The average molecular weight is 609 g/mol. The first-order chi connectivity index (χ1) is 20.7. The molecule has 1 N–H and O–H groups in total. The summed E-state index contributed by atoms with van der Waals surface area (Å²) in [5, 5.41) is 1.19. The molecular weight excluding hydrogens is 560 g/mol. The second-order valence-corrected chi connectivity index (χ2v) is 14.6. The number of methoxy groups -OCH3 is 1. The van der Waals surface area contributed by atoms with Crippen molar-refractivity contribution >= 4 is 27.0 Å². The van der Waals surface area contributed by atoms with Crippen molar-refractivity contribution in [3.8, 4) is 17.0 Å². The van der Waals surface area contributed by atoms with Crippen LogP contribution in [0, 0.1) is 5.41 Å². The van der Waals surface area contributed by atoms with E-state index in [1.807, 2.05) is 27.0 Å². The van der Waals surface area contributed by atoms with E-state index in [4.69, 9.17) is 4.74 Å². The molecule has 2 unspecified atom stereocenters. The van der Waals surface area contributed by atoms with Crippen LogP contribution in [-0.4, -0.2) is 68.4 Å². The minimum atomic E-state index is -3.91. The van der Waals surface area contributed by atoms with Crippen LogP contribution < -0.4 is 9.46 Å². The number of ether oxygens (including phenoxy) is 1. The number of rotatable bonds is 5. The summed E-state index contributed by atoms with van der Waals surface area (Å²) < 4.78 is 37.9. The highest BCUT2D eigenvalue weighted by atomic mass is 32.2. The van der Waals surface area contributed by atoms with Crippen molar-refractivity contribution < 1.29 is 19.4 Å². The van der Waals surface area contributed by atoms with Gasteiger partial charge in [-0.1, -0.05) is 46.1 Å². The summed E-state index contributed by atoms with van der Waals surface area (Å²) in [6, 6.07) is 12.3. The van der Waals surface area contributed by atoms with E-state index in [2.05, 4.69) is 45.4 Å². The van der Waals surface area contributed by atoms with Gasteiger partial charge in [0.15, 0.2) is 0 Å². The Morgan fingerprint density at radius 2 is 1.74 bits per heavy atom. The van der Waals surface area contributed by atoms with Crippen LogP contribution in [0.4, 0.5) is 0 Å². The van der Waals surface area contributed by atoms with Gasteiger partial charge in [-0.05, 0) is 85.0 Å². The molecule has 1 aromatic heterocycles. The molecule has 7 rings (SSSR count). The molecule has 4 aliphatic rings. The van der Waals surface area contributed by atoms with E-state index in [-0.39, 0.29) is 6.84 Å². The first-order valence-corrected chi connectivity index (χ1v) is 17.5. The SMILES string of the molecule is CC.COc1ccc2c(c1)C1CC1(C)Cn1c-2c(C2CCCCC2)c2ccc(C(=O)NS(=O)(=O)N3CCN(C)CC3)cc21.[HH]. The first-order valence-electron chi connectivity index (χ1n) is 16.0. The second kappa shape index (κ2) is 11.6. The topological polar surface area (TPSA) is 83.9 Å². The van der Waals surface area contributed by atoms with Crippen LogP contribution in [0.15, 0.2) is 36.4 Å². The van der Waals surface area contributed by atoms with Gasteiger partial charge in [-0.3, -0.25) is 4.79 Å². The van der Waals surface area contributed by atoms with Gasteiger partial charge in [0.05, 0.1) is 12.8 Å². The molecule has 0 bridgehead atoms. The van der Waals surface area contributed by atoms with E-state index >= 15 is 0 Å². The first kappa shape index (κ1) is 30.2. The van der Waals surface area contributed by atoms with Crippen LogP contribution in [0.1, 0.15) is 94.0 Å². The lowest BCUT2D eigenvalue weighted by molar-refractivity contribution is 0.0977. The quantitative estimate of drug-likeness (QED) is 0.364. The fourth-order valence-electron chi connectivity index (χ4n) is 7.65. The highest BCUT2D eigenvalue weighted by molar-refractivity contribution is 7.87. The van der Waals surface area contributed by atoms with E-state index in [0.717, 1.165) is 24.2 Å². The van der Waals surface area contributed by atoms with Gasteiger partial charge in [-0.15, -0.1) is 0 Å². The standard InChI is InChI=1S/C32H40N4O4S.C2H6.H2/c1-32-19-27(32)26-18-23(40-3)10-12-24(26)30-29(21-7-5-4-6-8-21)25-11-9-22(17-28(25)36(30)20-32)31(37)33-41(38,39)35-15-13-34(2)14-16-35;1-2;/h9-12,17-18,21,27H,4-8,13-16,19-20H2,1-3H3,(H,33,37);1-2H3;1H. The Morgan fingerprint density at radius 3 is 2.44 bits per heavy atom. The Bertz CT molecular complexity index is 1640. The Kier molecular flexibility index (Phi) is 8.11. The van der Waals surface area contributed by atoms with Gasteiger partial charge in [0, 0.05) is 56.2 Å². The normalized spacial score (nSPS) is 24.2. The van der Waals surface area contributed by atoms with E-state index in [0.29, 0.717) is 43.6 Å². The number of fused-ring (bicyclic) bond motifs is 7. The largest absolute Gasteiger partial charge is 0.497 e. The van der Waals surface area contributed by atoms with Crippen LogP contribution in [0.3, 0.4) is 0 Å². The zero-order chi connectivity index (χ0) is 30.5. The van der Waals surface area contributed by atoms with Crippen molar-refractivity contribution in [1.82, 2.24) is 18.5 Å². The molecule has 0 radical (unpaired) electrons. The molecule has 3 heterocycles. The van der Waals surface area contributed by atoms with Crippen molar-refractivity contribution in [2.45, 2.75) is 77.7 Å². The average Bonchev–Trinajstić information content (AvgIpc) is 3.62. The molecule has 0 spiro atoms. The van der Waals surface area contributed by atoms with Gasteiger partial charge < -0.3 is 14.2 Å². The Balaban J connectivity index is 0.00000126. The minimum absolute atomic E-state index is 0. The zero-order valence-corrected chi connectivity index (χ0v) is 27.1. The van der Waals surface area contributed by atoms with Crippen molar-refractivity contribution in [1.29, 1.82) is 0 Å². The highest BCUT2D eigenvalue weighted by Crippen LogP contribution is 2.65. The van der Waals surface area contributed by atoms with Crippen molar-refractivity contribution in [2.75, 3.05) is 40.3 Å². The lowest BCUT2D eigenvalue weighted by Gasteiger charge is -2.31. The Labute approximate surface area is 258 Å². The molecule has 9 heteroatoms. The molecule has 2 aromatic carbocycles. The summed E-state index contributed by atoms with van der Waals surface area (Å²) in [6.07, 6.45) is 7.21. The third-order valence-electron chi connectivity index (χ3n) is 10.2. The number of hydrogen-bond donors (Lipinski definition) is 1. The number of nitrogens with one attached hydrogen (secondary N) is 1. The molecular formula is C34H48N4O4S. The number of benzene rings is 2. The molecule has 8 nitrogen and oxygen atoms in total. The highest BCUT2D eigenvalue weighted by Gasteiger charge is 2.54.